The van der Waals surface area contributed by atoms with Crippen LogP contribution in [0.25, 0.3) is 0 Å². The number of esters is 4. The van der Waals surface area contributed by atoms with E-state index in [2.05, 4.69) is 27.7 Å². The number of methoxy groups -OCH3 is 4. The number of carbonyl (C=O) groups excluding carboxylic acids is 4. The van der Waals surface area contributed by atoms with E-state index in [9.17, 15) is 23.6 Å². The van der Waals surface area contributed by atoms with Gasteiger partial charge in [0.25, 0.3) is 0 Å². The molecule has 2 N–H and O–H groups in total. The lowest BCUT2D eigenvalue weighted by molar-refractivity contribution is -0.141. The third-order valence-electron chi connectivity index (χ3n) is 7.46. The van der Waals surface area contributed by atoms with Crippen LogP contribution in [0.2, 0.25) is 0 Å². The molecule has 0 spiro atoms. The van der Waals surface area contributed by atoms with Crippen molar-refractivity contribution in [3.63, 3.8) is 0 Å². The van der Waals surface area contributed by atoms with Gasteiger partial charge in [0.05, 0.1) is 46.4 Å². The molecule has 0 saturated carbocycles. The third kappa shape index (κ3) is 13.6. The maximum Gasteiger partial charge on any atom is 0.325 e. The number of ether oxygens (including phenoxy) is 7. The predicted octanol–water partition coefficient (Wildman–Crippen LogP) is 3.37. The van der Waals surface area contributed by atoms with Gasteiger partial charge >= 0.3 is 23.9 Å². The Hall–Kier alpha value is -4.79. The molecule has 0 amide bonds. The Labute approximate surface area is 292 Å². The quantitative estimate of drug-likeness (QED) is 0.114. The first kappa shape index (κ1) is 41.4. The first-order valence-corrected chi connectivity index (χ1v) is 15.9. The Morgan fingerprint density at radius 1 is 0.640 bits per heavy atom. The van der Waals surface area contributed by atoms with Crippen molar-refractivity contribution in [3.8, 4) is 17.2 Å². The molecule has 0 saturated heterocycles. The van der Waals surface area contributed by atoms with Gasteiger partial charge in [-0.05, 0) is 48.1 Å². The number of benzene rings is 2. The summed E-state index contributed by atoms with van der Waals surface area (Å²) in [6, 6.07) is 8.61. The first-order chi connectivity index (χ1) is 23.6. The van der Waals surface area contributed by atoms with Crippen LogP contribution in [0, 0.1) is 16.6 Å². The Kier molecular flexibility index (Phi) is 16.1. The molecule has 15 heteroatoms. The number of nitrogens with two attached hydrogens (primary N) is 1. The molecule has 2 aromatic carbocycles. The standard InChI is InChI=1S/C35H50FN3O11/c1-34(2,22-37)21-35(3,4)23-50-25-10-12-27(39(19-32(42)46-7)20-33(43)47-8)29(16-25)49-14-13-48-28-15-24(36)9-11-26(28)38(17-30(40)44-5)18-31(41)45-6/h9-12,15-16H,13-14,17-23,37H2,1-8H3. The summed E-state index contributed by atoms with van der Waals surface area (Å²) in [7, 11) is 4.87. The highest BCUT2D eigenvalue weighted by Crippen LogP contribution is 2.36. The normalized spacial score (nSPS) is 11.2. The number of anilines is 2. The van der Waals surface area contributed by atoms with Crippen molar-refractivity contribution < 1.29 is 56.7 Å². The van der Waals surface area contributed by atoms with E-state index >= 15 is 0 Å². The van der Waals surface area contributed by atoms with Gasteiger partial charge in [0.15, 0.2) is 0 Å². The van der Waals surface area contributed by atoms with E-state index < -0.39 is 29.7 Å². The van der Waals surface area contributed by atoms with Crippen molar-refractivity contribution in [1.29, 1.82) is 0 Å². The van der Waals surface area contributed by atoms with Crippen molar-refractivity contribution >= 4 is 35.3 Å². The van der Waals surface area contributed by atoms with Gasteiger partial charge in [0.2, 0.25) is 0 Å². The second-order valence-corrected chi connectivity index (χ2v) is 13.0. The minimum atomic E-state index is -0.642. The topological polar surface area (TPSA) is 165 Å². The molecule has 2 aromatic rings. The summed E-state index contributed by atoms with van der Waals surface area (Å²) in [6.07, 6.45) is 0.806. The van der Waals surface area contributed by atoms with Gasteiger partial charge in [-0.1, -0.05) is 27.7 Å². The second kappa shape index (κ2) is 19.4. The largest absolute Gasteiger partial charge is 0.493 e. The van der Waals surface area contributed by atoms with Crippen LogP contribution in [0.4, 0.5) is 15.8 Å². The fourth-order valence-electron chi connectivity index (χ4n) is 5.16. The Bertz CT molecular complexity index is 1410. The zero-order chi connectivity index (χ0) is 37.5. The number of rotatable bonds is 21. The smallest absolute Gasteiger partial charge is 0.325 e. The zero-order valence-corrected chi connectivity index (χ0v) is 30.2. The van der Waals surface area contributed by atoms with Crippen LogP contribution in [-0.2, 0) is 38.1 Å². The molecule has 0 aromatic heterocycles. The predicted molar refractivity (Wildman–Crippen MR) is 183 cm³/mol. The summed E-state index contributed by atoms with van der Waals surface area (Å²) >= 11 is 0. The van der Waals surface area contributed by atoms with E-state index in [-0.39, 0.29) is 67.4 Å². The van der Waals surface area contributed by atoms with E-state index in [4.69, 9.17) is 38.9 Å². The molecule has 278 valence electrons. The Morgan fingerprint density at radius 3 is 1.48 bits per heavy atom. The minimum Gasteiger partial charge on any atom is -0.493 e. The number of hydrogen-bond acceptors (Lipinski definition) is 14. The molecule has 0 bridgehead atoms. The first-order valence-electron chi connectivity index (χ1n) is 15.9. The number of hydrogen-bond donors (Lipinski definition) is 1. The molecule has 0 atom stereocenters. The molecular formula is C35H50FN3O11. The summed E-state index contributed by atoms with van der Waals surface area (Å²) in [5.41, 5.74) is 6.24. The van der Waals surface area contributed by atoms with Crippen LogP contribution >= 0.6 is 0 Å². The number of halogens is 1. The summed E-state index contributed by atoms with van der Waals surface area (Å²) in [6.45, 7) is 7.77. The molecule has 0 unspecified atom stereocenters. The van der Waals surface area contributed by atoms with Crippen LogP contribution < -0.4 is 29.7 Å². The van der Waals surface area contributed by atoms with Crippen LogP contribution in [-0.4, -0.2) is 105 Å². The van der Waals surface area contributed by atoms with Gasteiger partial charge in [-0.2, -0.15) is 0 Å². The molecule has 14 nitrogen and oxygen atoms in total. The molecule has 0 radical (unpaired) electrons. The lowest BCUT2D eigenvalue weighted by atomic mass is 9.75. The fraction of sp³-hybridized carbons (Fsp3) is 0.543. The lowest BCUT2D eigenvalue weighted by Gasteiger charge is -2.34. The van der Waals surface area contributed by atoms with E-state index in [1.54, 1.807) is 18.2 Å². The van der Waals surface area contributed by atoms with Gasteiger partial charge in [-0.25, -0.2) is 4.39 Å². The van der Waals surface area contributed by atoms with Crippen molar-refractivity contribution in [2.45, 2.75) is 34.1 Å². The molecule has 0 heterocycles. The SMILES string of the molecule is COC(=O)CN(CC(=O)OC)c1ccc(F)cc1OCCOc1cc(OCC(C)(C)CC(C)(C)CN)ccc1N(CC(=O)OC)CC(=O)OC. The summed E-state index contributed by atoms with van der Waals surface area (Å²) in [4.78, 5) is 51.6. The average molecular weight is 708 g/mol. The molecule has 0 aliphatic rings. The summed E-state index contributed by atoms with van der Waals surface area (Å²) in [5.74, 6) is -2.37. The molecular weight excluding hydrogens is 657 g/mol. The van der Waals surface area contributed by atoms with E-state index in [0.29, 0.717) is 24.6 Å². The lowest BCUT2D eigenvalue weighted by Crippen LogP contribution is -2.36. The highest BCUT2D eigenvalue weighted by molar-refractivity contribution is 5.83. The van der Waals surface area contributed by atoms with Crippen LogP contribution in [0.15, 0.2) is 36.4 Å². The van der Waals surface area contributed by atoms with Gasteiger partial charge < -0.3 is 48.7 Å². The second-order valence-electron chi connectivity index (χ2n) is 13.0. The van der Waals surface area contributed by atoms with Gasteiger partial charge in [-0.15, -0.1) is 0 Å². The van der Waals surface area contributed by atoms with Crippen LogP contribution in [0.1, 0.15) is 34.1 Å². The van der Waals surface area contributed by atoms with Gasteiger partial charge in [-0.3, -0.25) is 19.2 Å². The molecule has 0 aliphatic heterocycles. The van der Waals surface area contributed by atoms with Crippen LogP contribution in [0.3, 0.4) is 0 Å². The van der Waals surface area contributed by atoms with E-state index in [1.165, 1.54) is 44.3 Å². The summed E-state index contributed by atoms with van der Waals surface area (Å²) in [5, 5.41) is 0. The average Bonchev–Trinajstić information content (AvgIpc) is 3.08. The highest BCUT2D eigenvalue weighted by atomic mass is 19.1. The Balaban J connectivity index is 2.38. The number of nitrogens with zero attached hydrogens (tertiary/aromatic N) is 2. The maximum atomic E-state index is 14.3. The maximum absolute atomic E-state index is 14.3. The van der Waals surface area contributed by atoms with Gasteiger partial charge in [0.1, 0.15) is 62.5 Å². The number of carbonyl (C=O) groups is 4. The molecule has 0 aliphatic carbocycles. The molecule has 50 heavy (non-hydrogen) atoms. The summed E-state index contributed by atoms with van der Waals surface area (Å²) < 4.78 is 51.7. The van der Waals surface area contributed by atoms with Crippen molar-refractivity contribution in [3.05, 3.63) is 42.2 Å². The third-order valence-corrected chi connectivity index (χ3v) is 7.46. The molecule has 0 fully saturated rings. The van der Waals surface area contributed by atoms with E-state index in [0.717, 1.165) is 18.6 Å². The minimum absolute atomic E-state index is 0.0272. The zero-order valence-electron chi connectivity index (χ0n) is 30.2. The van der Waals surface area contributed by atoms with E-state index in [1.807, 2.05) is 0 Å². The van der Waals surface area contributed by atoms with Crippen LogP contribution in [0.5, 0.6) is 17.2 Å². The van der Waals surface area contributed by atoms with Crippen molar-refractivity contribution in [1.82, 2.24) is 0 Å². The molecule has 2 rings (SSSR count). The highest BCUT2D eigenvalue weighted by Gasteiger charge is 2.29. The monoisotopic (exact) mass is 707 g/mol. The fourth-order valence-corrected chi connectivity index (χ4v) is 5.16. The van der Waals surface area contributed by atoms with Gasteiger partial charge in [0, 0.05) is 12.1 Å². The van der Waals surface area contributed by atoms with Crippen molar-refractivity contribution in [2.75, 3.05) is 90.8 Å². The van der Waals surface area contributed by atoms with Crippen molar-refractivity contribution in [2.24, 2.45) is 16.6 Å². The Morgan fingerprint density at radius 2 is 1.06 bits per heavy atom.